The summed E-state index contributed by atoms with van der Waals surface area (Å²) < 4.78 is 0. The number of rotatable bonds is 6. The molecule has 1 unspecified atom stereocenters. The molecule has 0 fully saturated rings. The van der Waals surface area contributed by atoms with Gasteiger partial charge in [-0.1, -0.05) is 57.9 Å². The Kier molecular flexibility index (Phi) is 5.35. The zero-order valence-electron chi connectivity index (χ0n) is 16.2. The second-order valence-electron chi connectivity index (χ2n) is 7.56. The molecule has 0 radical (unpaired) electrons. The van der Waals surface area contributed by atoms with Crippen LogP contribution in [-0.2, 0) is 4.79 Å². The zero-order chi connectivity index (χ0) is 18.8. The van der Waals surface area contributed by atoms with Gasteiger partial charge in [0.15, 0.2) is 0 Å². The van der Waals surface area contributed by atoms with Crippen LogP contribution in [0, 0.1) is 0 Å². The molecular weight excluding hydrogens is 326 g/mol. The number of benzene rings is 1. The lowest BCUT2D eigenvalue weighted by molar-refractivity contribution is -0.125. The van der Waals surface area contributed by atoms with E-state index in [0.717, 1.165) is 42.6 Å². The Morgan fingerprint density at radius 3 is 2.46 bits per heavy atom. The van der Waals surface area contributed by atoms with Crippen LogP contribution in [0.2, 0.25) is 0 Å². The summed E-state index contributed by atoms with van der Waals surface area (Å²) in [5.74, 6) is 0.508. The van der Waals surface area contributed by atoms with Crippen molar-refractivity contribution in [1.82, 2.24) is 15.1 Å². The highest BCUT2D eigenvalue weighted by Crippen LogP contribution is 2.36. The first-order valence-corrected chi connectivity index (χ1v) is 9.60. The summed E-state index contributed by atoms with van der Waals surface area (Å²) in [7, 11) is 1.74. The first-order valence-electron chi connectivity index (χ1n) is 9.60. The lowest BCUT2D eigenvalue weighted by Gasteiger charge is -2.31. The summed E-state index contributed by atoms with van der Waals surface area (Å²) in [5.41, 5.74) is 3.78. The summed E-state index contributed by atoms with van der Waals surface area (Å²) in [5, 5.41) is 3.00. The fraction of sp³-hybridized carbons (Fsp3) is 0.524. The molecule has 1 atom stereocenters. The van der Waals surface area contributed by atoms with Crippen LogP contribution in [0.5, 0.6) is 0 Å². The lowest BCUT2D eigenvalue weighted by atomic mass is 9.93. The topological polar surface area (TPSA) is 52.7 Å². The third kappa shape index (κ3) is 3.35. The molecule has 1 N–H and O–H groups in total. The van der Waals surface area contributed by atoms with Gasteiger partial charge in [0.2, 0.25) is 0 Å². The highest BCUT2D eigenvalue weighted by molar-refractivity contribution is 6.01. The van der Waals surface area contributed by atoms with Crippen molar-refractivity contribution >= 4 is 11.9 Å². The smallest absolute Gasteiger partial charge is 0.322 e. The second kappa shape index (κ2) is 7.52. The van der Waals surface area contributed by atoms with Crippen LogP contribution in [-0.4, -0.2) is 41.9 Å². The largest absolute Gasteiger partial charge is 0.333 e. The highest BCUT2D eigenvalue weighted by atomic mass is 16.2. The van der Waals surface area contributed by atoms with Gasteiger partial charge in [0, 0.05) is 13.6 Å². The van der Waals surface area contributed by atoms with Gasteiger partial charge in [-0.05, 0) is 23.5 Å². The van der Waals surface area contributed by atoms with Gasteiger partial charge in [-0.15, -0.1) is 0 Å². The Balaban J connectivity index is 1.88. The van der Waals surface area contributed by atoms with Crippen molar-refractivity contribution in [3.05, 3.63) is 46.7 Å². The molecule has 2 aliphatic heterocycles. The number of likely N-dealkylation sites (N-methyl/N-ethyl adjacent to an activating group) is 1. The van der Waals surface area contributed by atoms with Crippen molar-refractivity contribution in [2.45, 2.75) is 52.0 Å². The standard InChI is InChI=1S/C21H29N3O2/c1-5-6-7-12-24-13-17-18(20(24)25)19(22-21(26)23(17)4)16-10-8-15(9-11-16)14(2)3/h8-11,14,19H,5-7,12-13H2,1-4H3,(H,22,26). The molecule has 3 rings (SSSR count). The van der Waals surface area contributed by atoms with Gasteiger partial charge >= 0.3 is 6.03 Å². The number of amides is 3. The lowest BCUT2D eigenvalue weighted by Crippen LogP contribution is -2.45. The van der Waals surface area contributed by atoms with E-state index < -0.39 is 0 Å². The van der Waals surface area contributed by atoms with E-state index in [0.29, 0.717) is 12.5 Å². The van der Waals surface area contributed by atoms with Gasteiger partial charge in [0.25, 0.3) is 5.91 Å². The van der Waals surface area contributed by atoms with Crippen LogP contribution in [0.3, 0.4) is 0 Å². The van der Waals surface area contributed by atoms with Gasteiger partial charge in [-0.25, -0.2) is 4.79 Å². The number of hydrogen-bond donors (Lipinski definition) is 1. The van der Waals surface area contributed by atoms with Crippen LogP contribution >= 0.6 is 0 Å². The Hall–Kier alpha value is -2.30. The van der Waals surface area contributed by atoms with E-state index >= 15 is 0 Å². The molecule has 26 heavy (non-hydrogen) atoms. The summed E-state index contributed by atoms with van der Waals surface area (Å²) in [6.07, 6.45) is 3.24. The van der Waals surface area contributed by atoms with Gasteiger partial charge < -0.3 is 10.2 Å². The van der Waals surface area contributed by atoms with E-state index in [1.807, 2.05) is 17.0 Å². The number of unbranched alkanes of at least 4 members (excludes halogenated alkanes) is 2. The average Bonchev–Trinajstić information content (AvgIpc) is 2.96. The van der Waals surface area contributed by atoms with Crippen LogP contribution in [0.1, 0.15) is 63.1 Å². The molecule has 3 amide bonds. The highest BCUT2D eigenvalue weighted by Gasteiger charge is 2.42. The van der Waals surface area contributed by atoms with Gasteiger partial charge in [0.1, 0.15) is 0 Å². The Morgan fingerprint density at radius 1 is 1.15 bits per heavy atom. The van der Waals surface area contributed by atoms with Crippen LogP contribution in [0.4, 0.5) is 4.79 Å². The van der Waals surface area contributed by atoms with E-state index in [1.54, 1.807) is 11.9 Å². The van der Waals surface area contributed by atoms with Crippen molar-refractivity contribution in [1.29, 1.82) is 0 Å². The van der Waals surface area contributed by atoms with Gasteiger partial charge in [0.05, 0.1) is 23.9 Å². The Morgan fingerprint density at radius 2 is 1.85 bits per heavy atom. The molecule has 1 aromatic rings. The first-order chi connectivity index (χ1) is 12.4. The quantitative estimate of drug-likeness (QED) is 0.789. The molecule has 0 aliphatic carbocycles. The van der Waals surface area contributed by atoms with Crippen molar-refractivity contribution in [3.8, 4) is 0 Å². The fourth-order valence-corrected chi connectivity index (χ4v) is 3.68. The molecule has 0 bridgehead atoms. The van der Waals surface area contributed by atoms with Crippen molar-refractivity contribution < 1.29 is 9.59 Å². The predicted octanol–water partition coefficient (Wildman–Crippen LogP) is 3.79. The molecule has 2 heterocycles. The predicted molar refractivity (Wildman–Crippen MR) is 103 cm³/mol. The molecule has 140 valence electrons. The monoisotopic (exact) mass is 355 g/mol. The molecular formula is C21H29N3O2. The number of urea groups is 1. The van der Waals surface area contributed by atoms with Gasteiger partial charge in [-0.2, -0.15) is 0 Å². The Labute approximate surface area is 156 Å². The van der Waals surface area contributed by atoms with Crippen LogP contribution in [0.25, 0.3) is 0 Å². The number of nitrogens with zero attached hydrogens (tertiary/aromatic N) is 2. The maximum Gasteiger partial charge on any atom is 0.322 e. The summed E-state index contributed by atoms with van der Waals surface area (Å²) in [6, 6.07) is 7.72. The molecule has 0 saturated heterocycles. The van der Waals surface area contributed by atoms with Crippen molar-refractivity contribution in [3.63, 3.8) is 0 Å². The van der Waals surface area contributed by atoms with E-state index in [-0.39, 0.29) is 18.0 Å². The third-order valence-corrected chi connectivity index (χ3v) is 5.40. The zero-order valence-corrected chi connectivity index (χ0v) is 16.2. The van der Waals surface area contributed by atoms with E-state index in [9.17, 15) is 9.59 Å². The van der Waals surface area contributed by atoms with Crippen molar-refractivity contribution in [2.24, 2.45) is 0 Å². The SMILES string of the molecule is CCCCCN1CC2=C(C1=O)C(c1ccc(C(C)C)cc1)NC(=O)N2C. The second-order valence-corrected chi connectivity index (χ2v) is 7.56. The normalized spacial score (nSPS) is 20.1. The minimum absolute atomic E-state index is 0.0564. The summed E-state index contributed by atoms with van der Waals surface area (Å²) in [6.45, 7) is 7.74. The van der Waals surface area contributed by atoms with E-state index in [1.165, 1.54) is 5.56 Å². The number of carbonyl (C=O) groups excluding carboxylic acids is 2. The molecule has 0 saturated carbocycles. The minimum atomic E-state index is -0.362. The number of carbonyl (C=O) groups is 2. The molecule has 5 nitrogen and oxygen atoms in total. The Bertz CT molecular complexity index is 721. The number of nitrogens with one attached hydrogen (secondary N) is 1. The summed E-state index contributed by atoms with van der Waals surface area (Å²) >= 11 is 0. The van der Waals surface area contributed by atoms with Gasteiger partial charge in [-0.3, -0.25) is 9.69 Å². The van der Waals surface area contributed by atoms with Crippen LogP contribution in [0.15, 0.2) is 35.5 Å². The van der Waals surface area contributed by atoms with Crippen molar-refractivity contribution in [2.75, 3.05) is 20.1 Å². The summed E-state index contributed by atoms with van der Waals surface area (Å²) in [4.78, 5) is 28.9. The third-order valence-electron chi connectivity index (χ3n) is 5.40. The fourth-order valence-electron chi connectivity index (χ4n) is 3.68. The first kappa shape index (κ1) is 18.5. The van der Waals surface area contributed by atoms with E-state index in [4.69, 9.17) is 0 Å². The minimum Gasteiger partial charge on any atom is -0.333 e. The molecule has 5 heteroatoms. The van der Waals surface area contributed by atoms with E-state index in [2.05, 4.69) is 38.2 Å². The molecule has 0 spiro atoms. The maximum atomic E-state index is 13.0. The number of hydrogen-bond acceptors (Lipinski definition) is 2. The van der Waals surface area contributed by atoms with Crippen LogP contribution < -0.4 is 5.32 Å². The molecule has 0 aromatic heterocycles. The molecule has 2 aliphatic rings. The molecule has 1 aromatic carbocycles. The average molecular weight is 355 g/mol. The maximum absolute atomic E-state index is 13.0.